The Labute approximate surface area is 133 Å². The van der Waals surface area contributed by atoms with Crippen LogP contribution in [0.2, 0.25) is 0 Å². The second-order valence-electron chi connectivity index (χ2n) is 5.60. The van der Waals surface area contributed by atoms with Crippen molar-refractivity contribution in [2.75, 3.05) is 0 Å². The zero-order valence-corrected chi connectivity index (χ0v) is 13.7. The summed E-state index contributed by atoms with van der Waals surface area (Å²) in [4.78, 5) is 0. The van der Waals surface area contributed by atoms with Crippen molar-refractivity contribution >= 4 is 15.9 Å². The zero-order valence-electron chi connectivity index (χ0n) is 12.1. The molecule has 2 nitrogen and oxygen atoms in total. The zero-order chi connectivity index (χ0) is 14.8. The van der Waals surface area contributed by atoms with Crippen molar-refractivity contribution in [1.29, 1.82) is 0 Å². The fraction of sp³-hybridized carbons (Fsp3) is 0.333. The van der Waals surface area contributed by atoms with E-state index in [0.717, 1.165) is 15.8 Å². The number of aryl methyl sites for hydroxylation is 2. The topological polar surface area (TPSA) is 29.5 Å². The van der Waals surface area contributed by atoms with Gasteiger partial charge in [0.25, 0.3) is 0 Å². The highest BCUT2D eigenvalue weighted by Crippen LogP contribution is 2.29. The quantitative estimate of drug-likeness (QED) is 0.878. The molecule has 0 aromatic heterocycles. The molecule has 1 aliphatic rings. The highest BCUT2D eigenvalue weighted by atomic mass is 79.9. The van der Waals surface area contributed by atoms with Gasteiger partial charge >= 0.3 is 0 Å². The molecule has 0 radical (unpaired) electrons. The lowest BCUT2D eigenvalue weighted by molar-refractivity contribution is 0.190. The summed E-state index contributed by atoms with van der Waals surface area (Å²) in [6.45, 7) is 2.29. The minimum Gasteiger partial charge on any atom is -0.489 e. The Hall–Kier alpha value is -1.32. The van der Waals surface area contributed by atoms with Crippen molar-refractivity contribution in [1.82, 2.24) is 0 Å². The third kappa shape index (κ3) is 3.30. The Morgan fingerprint density at radius 1 is 1.14 bits per heavy atom. The number of halogens is 1. The summed E-state index contributed by atoms with van der Waals surface area (Å²) in [6, 6.07) is 12.4. The van der Waals surface area contributed by atoms with Crippen LogP contribution >= 0.6 is 15.9 Å². The van der Waals surface area contributed by atoms with Gasteiger partial charge in [0, 0.05) is 10.0 Å². The summed E-state index contributed by atoms with van der Waals surface area (Å²) in [5.41, 5.74) is 4.94. The molecule has 2 aromatic rings. The van der Waals surface area contributed by atoms with E-state index in [1.165, 1.54) is 36.0 Å². The molecule has 3 rings (SSSR count). The maximum Gasteiger partial charge on any atom is 0.125 e. The Bertz CT molecular complexity index is 650. The van der Waals surface area contributed by atoms with E-state index in [-0.39, 0.29) is 0 Å². The van der Waals surface area contributed by atoms with Crippen LogP contribution in [0.3, 0.4) is 0 Å². The Morgan fingerprint density at radius 2 is 1.95 bits per heavy atom. The molecule has 3 heteroatoms. The van der Waals surface area contributed by atoms with Gasteiger partial charge < -0.3 is 9.84 Å². The summed E-state index contributed by atoms with van der Waals surface area (Å²) in [7, 11) is 0. The van der Waals surface area contributed by atoms with Crippen LogP contribution in [0.1, 0.15) is 41.7 Å². The minimum absolute atomic E-state index is 0.536. The summed E-state index contributed by atoms with van der Waals surface area (Å²) in [5.74, 6) is 0.744. The average Bonchev–Trinajstić information content (AvgIpc) is 2.93. The van der Waals surface area contributed by atoms with Crippen molar-refractivity contribution in [2.24, 2.45) is 0 Å². The van der Waals surface area contributed by atoms with Crippen LogP contribution in [0.25, 0.3) is 0 Å². The fourth-order valence-electron chi connectivity index (χ4n) is 2.85. The minimum atomic E-state index is -0.544. The van der Waals surface area contributed by atoms with E-state index in [2.05, 4.69) is 34.1 Å². The first-order valence-electron chi connectivity index (χ1n) is 7.34. The number of benzene rings is 2. The van der Waals surface area contributed by atoms with Gasteiger partial charge in [0.15, 0.2) is 0 Å². The van der Waals surface area contributed by atoms with E-state index in [4.69, 9.17) is 4.74 Å². The highest BCUT2D eigenvalue weighted by molar-refractivity contribution is 9.10. The van der Waals surface area contributed by atoms with Gasteiger partial charge in [0.1, 0.15) is 12.4 Å². The lowest BCUT2D eigenvalue weighted by Crippen LogP contribution is -2.01. The molecule has 110 valence electrons. The standard InChI is InChI=1S/C18H19BrO2/c1-12(20)17-10-16(19)7-8-18(17)21-11-13-5-6-14-3-2-4-15(14)9-13/h5-10,12,20H,2-4,11H2,1H3. The molecule has 1 N–H and O–H groups in total. The number of aliphatic hydroxyl groups is 1. The second-order valence-corrected chi connectivity index (χ2v) is 6.52. The van der Waals surface area contributed by atoms with Gasteiger partial charge in [0.2, 0.25) is 0 Å². The first kappa shape index (κ1) is 14.6. The van der Waals surface area contributed by atoms with Crippen LogP contribution in [0, 0.1) is 0 Å². The molecule has 0 saturated heterocycles. The number of rotatable bonds is 4. The molecule has 1 atom stereocenters. The lowest BCUT2D eigenvalue weighted by atomic mass is 10.1. The first-order valence-corrected chi connectivity index (χ1v) is 8.14. The number of hydrogen-bond donors (Lipinski definition) is 1. The predicted octanol–water partition coefficient (Wildman–Crippen LogP) is 4.57. The molecule has 1 unspecified atom stereocenters. The predicted molar refractivity (Wildman–Crippen MR) is 87.6 cm³/mol. The molecule has 0 fully saturated rings. The van der Waals surface area contributed by atoms with Crippen molar-refractivity contribution in [3.8, 4) is 5.75 Å². The molecule has 0 aliphatic heterocycles. The molecule has 0 amide bonds. The van der Waals surface area contributed by atoms with Crippen LogP contribution in [0.4, 0.5) is 0 Å². The number of hydrogen-bond acceptors (Lipinski definition) is 2. The normalized spacial score (nSPS) is 14.8. The van der Waals surface area contributed by atoms with E-state index in [1.807, 2.05) is 18.2 Å². The first-order chi connectivity index (χ1) is 10.1. The molecule has 2 aromatic carbocycles. The van der Waals surface area contributed by atoms with Crippen molar-refractivity contribution in [3.05, 3.63) is 63.1 Å². The monoisotopic (exact) mass is 346 g/mol. The van der Waals surface area contributed by atoms with E-state index >= 15 is 0 Å². The van der Waals surface area contributed by atoms with Gasteiger partial charge in [-0.3, -0.25) is 0 Å². The molecule has 1 aliphatic carbocycles. The van der Waals surface area contributed by atoms with E-state index in [0.29, 0.717) is 6.61 Å². The Kier molecular flexibility index (Phi) is 4.32. The Balaban J connectivity index is 1.76. The van der Waals surface area contributed by atoms with E-state index in [1.54, 1.807) is 6.92 Å². The smallest absolute Gasteiger partial charge is 0.125 e. The maximum atomic E-state index is 9.85. The molecule has 0 bridgehead atoms. The van der Waals surface area contributed by atoms with Crippen LogP contribution < -0.4 is 4.74 Å². The summed E-state index contributed by atoms with van der Waals surface area (Å²) in [6.07, 6.45) is 3.10. The molecule has 0 saturated carbocycles. The third-order valence-electron chi connectivity index (χ3n) is 3.98. The molecule has 21 heavy (non-hydrogen) atoms. The van der Waals surface area contributed by atoms with Crippen molar-refractivity contribution in [2.45, 2.75) is 38.9 Å². The van der Waals surface area contributed by atoms with Crippen molar-refractivity contribution < 1.29 is 9.84 Å². The fourth-order valence-corrected chi connectivity index (χ4v) is 3.23. The Morgan fingerprint density at radius 3 is 2.76 bits per heavy atom. The number of fused-ring (bicyclic) bond motifs is 1. The van der Waals surface area contributed by atoms with Gasteiger partial charge in [-0.05, 0) is 61.1 Å². The second kappa shape index (κ2) is 6.20. The molecular weight excluding hydrogens is 328 g/mol. The van der Waals surface area contributed by atoms with Gasteiger partial charge in [-0.2, -0.15) is 0 Å². The summed E-state index contributed by atoms with van der Waals surface area (Å²) >= 11 is 3.43. The average molecular weight is 347 g/mol. The van der Waals surface area contributed by atoms with Gasteiger partial charge in [-0.25, -0.2) is 0 Å². The number of ether oxygens (including phenoxy) is 1. The molecular formula is C18H19BrO2. The van der Waals surface area contributed by atoms with Gasteiger partial charge in [-0.15, -0.1) is 0 Å². The summed E-state index contributed by atoms with van der Waals surface area (Å²) < 4.78 is 6.87. The maximum absolute atomic E-state index is 9.85. The van der Waals surface area contributed by atoms with Crippen LogP contribution in [-0.4, -0.2) is 5.11 Å². The lowest BCUT2D eigenvalue weighted by Gasteiger charge is -2.14. The van der Waals surface area contributed by atoms with Crippen LogP contribution in [-0.2, 0) is 19.4 Å². The van der Waals surface area contributed by atoms with E-state index < -0.39 is 6.10 Å². The van der Waals surface area contributed by atoms with Crippen molar-refractivity contribution in [3.63, 3.8) is 0 Å². The number of aliphatic hydroxyl groups excluding tert-OH is 1. The summed E-state index contributed by atoms with van der Waals surface area (Å²) in [5, 5.41) is 9.85. The van der Waals surface area contributed by atoms with Gasteiger partial charge in [0.05, 0.1) is 6.10 Å². The van der Waals surface area contributed by atoms with Gasteiger partial charge in [-0.1, -0.05) is 34.1 Å². The van der Waals surface area contributed by atoms with Crippen LogP contribution in [0.5, 0.6) is 5.75 Å². The van der Waals surface area contributed by atoms with Crippen LogP contribution in [0.15, 0.2) is 40.9 Å². The SMILES string of the molecule is CC(O)c1cc(Br)ccc1OCc1ccc2c(c1)CCC2. The third-order valence-corrected chi connectivity index (χ3v) is 4.47. The highest BCUT2D eigenvalue weighted by Gasteiger charge is 2.12. The molecule has 0 spiro atoms. The van der Waals surface area contributed by atoms with E-state index in [9.17, 15) is 5.11 Å². The molecule has 0 heterocycles. The largest absolute Gasteiger partial charge is 0.489 e.